The molecule has 0 spiro atoms. The van der Waals surface area contributed by atoms with E-state index in [1.165, 1.54) is 30.3 Å². The number of hydrogen-bond donors (Lipinski definition) is 1. The average molecular weight is 450 g/mol. The molecular weight excluding hydrogens is 442 g/mol. The first kappa shape index (κ1) is 20.0. The number of benzene rings is 2. The number of thioether (sulfide) groups is 1. The lowest BCUT2D eigenvalue weighted by molar-refractivity contribution is -0.137. The highest BCUT2D eigenvalue weighted by atomic mass is 35.5. The van der Waals surface area contributed by atoms with Gasteiger partial charge in [-0.3, -0.25) is 9.69 Å². The van der Waals surface area contributed by atoms with Crippen LogP contribution in [-0.4, -0.2) is 15.3 Å². The molecule has 10 heteroatoms. The predicted molar refractivity (Wildman–Crippen MR) is 105 cm³/mol. The van der Waals surface area contributed by atoms with Gasteiger partial charge in [-0.05, 0) is 42.0 Å². The minimum atomic E-state index is -4.54. The highest BCUT2D eigenvalue weighted by Crippen LogP contribution is 2.39. The molecule has 3 rings (SSSR count). The van der Waals surface area contributed by atoms with Gasteiger partial charge in [-0.2, -0.15) is 13.2 Å². The van der Waals surface area contributed by atoms with Gasteiger partial charge in [0, 0.05) is 0 Å². The van der Waals surface area contributed by atoms with E-state index in [1.54, 1.807) is 0 Å². The number of carbonyl (C=O) groups excluding carboxylic acids is 1. The minimum absolute atomic E-state index is 0.00195. The summed E-state index contributed by atoms with van der Waals surface area (Å²) in [5.74, 6) is -0.850. The van der Waals surface area contributed by atoms with Crippen molar-refractivity contribution in [3.63, 3.8) is 0 Å². The lowest BCUT2D eigenvalue weighted by Crippen LogP contribution is -2.27. The predicted octanol–water partition coefficient (Wildman–Crippen LogP) is 6.12. The van der Waals surface area contributed by atoms with Crippen molar-refractivity contribution in [1.29, 1.82) is 0 Å². The summed E-state index contributed by atoms with van der Waals surface area (Å²) in [5.41, 5.74) is -0.417. The van der Waals surface area contributed by atoms with Crippen molar-refractivity contribution in [2.75, 3.05) is 4.90 Å². The van der Waals surface area contributed by atoms with Gasteiger partial charge in [0.1, 0.15) is 0 Å². The highest BCUT2D eigenvalue weighted by molar-refractivity contribution is 8.27. The summed E-state index contributed by atoms with van der Waals surface area (Å²) in [6.45, 7) is 0. The number of rotatable bonds is 2. The van der Waals surface area contributed by atoms with Crippen LogP contribution in [0.2, 0.25) is 10.0 Å². The fourth-order valence-electron chi connectivity index (χ4n) is 2.33. The molecule has 1 amide bonds. The van der Waals surface area contributed by atoms with Crippen molar-refractivity contribution in [3.05, 3.63) is 62.5 Å². The number of phenolic OH excluding ortho intramolecular Hbond substituents is 1. The largest absolute Gasteiger partial charge is 0.505 e. The van der Waals surface area contributed by atoms with Gasteiger partial charge in [0.25, 0.3) is 5.91 Å². The summed E-state index contributed by atoms with van der Waals surface area (Å²) in [6, 6.07) is 7.16. The van der Waals surface area contributed by atoms with Gasteiger partial charge in [-0.25, -0.2) is 0 Å². The Morgan fingerprint density at radius 3 is 2.37 bits per heavy atom. The van der Waals surface area contributed by atoms with Crippen molar-refractivity contribution in [2.45, 2.75) is 6.18 Å². The number of hydrogen-bond acceptors (Lipinski definition) is 4. The Bertz CT molecular complexity index is 969. The van der Waals surface area contributed by atoms with Gasteiger partial charge in [0.2, 0.25) is 0 Å². The van der Waals surface area contributed by atoms with Crippen molar-refractivity contribution in [1.82, 2.24) is 0 Å². The molecule has 1 fully saturated rings. The Balaban J connectivity index is 1.97. The molecule has 0 aliphatic carbocycles. The normalized spacial score (nSPS) is 16.5. The summed E-state index contributed by atoms with van der Waals surface area (Å²) >= 11 is 17.8. The van der Waals surface area contributed by atoms with Crippen LogP contribution in [-0.2, 0) is 11.0 Å². The summed E-state index contributed by atoms with van der Waals surface area (Å²) in [4.78, 5) is 13.9. The molecule has 140 valence electrons. The molecule has 0 aromatic heterocycles. The summed E-state index contributed by atoms with van der Waals surface area (Å²) in [5, 5.41) is 9.59. The third-order valence-corrected chi connectivity index (χ3v) is 5.44. The molecule has 0 radical (unpaired) electrons. The monoisotopic (exact) mass is 449 g/mol. The summed E-state index contributed by atoms with van der Waals surface area (Å²) in [7, 11) is 0. The Hall–Kier alpha value is -1.74. The summed E-state index contributed by atoms with van der Waals surface area (Å²) in [6.07, 6.45) is -3.09. The molecule has 0 atom stereocenters. The number of aromatic hydroxyl groups is 1. The molecule has 2 aromatic rings. The van der Waals surface area contributed by atoms with Crippen LogP contribution >= 0.6 is 47.2 Å². The van der Waals surface area contributed by atoms with Gasteiger partial charge in [0.15, 0.2) is 10.1 Å². The summed E-state index contributed by atoms with van der Waals surface area (Å²) < 4.78 is 38.9. The van der Waals surface area contributed by atoms with Gasteiger partial charge in [-0.1, -0.05) is 53.2 Å². The first-order valence-electron chi connectivity index (χ1n) is 7.21. The Morgan fingerprint density at radius 1 is 1.15 bits per heavy atom. The van der Waals surface area contributed by atoms with E-state index in [1.807, 2.05) is 0 Å². The number of carbonyl (C=O) groups is 1. The van der Waals surface area contributed by atoms with E-state index in [9.17, 15) is 23.1 Å². The van der Waals surface area contributed by atoms with E-state index in [4.69, 9.17) is 35.4 Å². The maximum Gasteiger partial charge on any atom is 0.416 e. The van der Waals surface area contributed by atoms with E-state index in [0.29, 0.717) is 5.56 Å². The van der Waals surface area contributed by atoms with Crippen molar-refractivity contribution in [3.8, 4) is 5.75 Å². The fourth-order valence-corrected chi connectivity index (χ4v) is 4.13. The minimum Gasteiger partial charge on any atom is -0.505 e. The molecule has 1 N–H and O–H groups in total. The topological polar surface area (TPSA) is 40.5 Å². The number of halogens is 5. The van der Waals surface area contributed by atoms with Crippen LogP contribution in [0, 0.1) is 0 Å². The van der Waals surface area contributed by atoms with Crippen molar-refractivity contribution >= 4 is 69.2 Å². The molecule has 27 heavy (non-hydrogen) atoms. The van der Waals surface area contributed by atoms with E-state index in [0.717, 1.165) is 28.8 Å². The van der Waals surface area contributed by atoms with Crippen LogP contribution in [0.5, 0.6) is 5.75 Å². The van der Waals surface area contributed by atoms with Crippen molar-refractivity contribution < 1.29 is 23.1 Å². The molecule has 1 aliphatic heterocycles. The van der Waals surface area contributed by atoms with Crippen molar-refractivity contribution in [2.24, 2.45) is 0 Å². The van der Waals surface area contributed by atoms with Crippen LogP contribution in [0.25, 0.3) is 6.08 Å². The SMILES string of the molecule is O=C1/C(=C\c2cc(Cl)c(O)c(Cl)c2)SC(=S)N1c1cccc(C(F)(F)F)c1. The Labute approximate surface area is 171 Å². The zero-order valence-corrected chi connectivity index (χ0v) is 16.2. The first-order chi connectivity index (χ1) is 12.6. The third kappa shape index (κ3) is 4.08. The zero-order chi connectivity index (χ0) is 19.9. The van der Waals surface area contributed by atoms with E-state index < -0.39 is 17.6 Å². The molecule has 0 saturated carbocycles. The maximum absolute atomic E-state index is 12.9. The molecule has 1 saturated heterocycles. The number of amides is 1. The van der Waals surface area contributed by atoms with Gasteiger partial charge in [-0.15, -0.1) is 0 Å². The second-order valence-electron chi connectivity index (χ2n) is 5.40. The molecule has 0 unspecified atom stereocenters. The Morgan fingerprint density at radius 2 is 1.78 bits per heavy atom. The standard InChI is InChI=1S/C17H8Cl2F3NO2S2/c18-11-4-8(5-12(19)14(11)24)6-13-15(25)23(16(26)27-13)10-3-1-2-9(7-10)17(20,21)22/h1-7,24H/b13-6+. The molecule has 2 aromatic carbocycles. The van der Waals surface area contributed by atoms with Crippen LogP contribution in [0.4, 0.5) is 18.9 Å². The van der Waals surface area contributed by atoms with E-state index in [2.05, 4.69) is 0 Å². The first-order valence-corrected chi connectivity index (χ1v) is 9.19. The maximum atomic E-state index is 12.9. The molecule has 3 nitrogen and oxygen atoms in total. The quantitative estimate of drug-likeness (QED) is 0.442. The molecular formula is C17H8Cl2F3NO2S2. The number of thiocarbonyl (C=S) groups is 1. The average Bonchev–Trinajstić information content (AvgIpc) is 2.85. The molecule has 0 bridgehead atoms. The van der Waals surface area contributed by atoms with Gasteiger partial charge < -0.3 is 5.11 Å². The second-order valence-corrected chi connectivity index (χ2v) is 7.89. The molecule has 1 aliphatic rings. The van der Waals surface area contributed by atoms with Crippen LogP contribution in [0.15, 0.2) is 41.3 Å². The van der Waals surface area contributed by atoms with Gasteiger partial charge >= 0.3 is 6.18 Å². The third-order valence-electron chi connectivity index (χ3n) is 3.56. The molecule has 1 heterocycles. The number of alkyl halides is 3. The van der Waals surface area contributed by atoms with Gasteiger partial charge in [0.05, 0.1) is 26.2 Å². The second kappa shape index (κ2) is 7.35. The lowest BCUT2D eigenvalue weighted by Gasteiger charge is -2.16. The number of nitrogens with zero attached hydrogens (tertiary/aromatic N) is 1. The smallest absolute Gasteiger partial charge is 0.416 e. The number of anilines is 1. The zero-order valence-electron chi connectivity index (χ0n) is 13.1. The van der Waals surface area contributed by atoms with E-state index in [-0.39, 0.29) is 30.7 Å². The van der Waals surface area contributed by atoms with Crippen LogP contribution in [0.3, 0.4) is 0 Å². The van der Waals surface area contributed by atoms with E-state index >= 15 is 0 Å². The van der Waals surface area contributed by atoms with Crippen LogP contribution < -0.4 is 4.90 Å². The highest BCUT2D eigenvalue weighted by Gasteiger charge is 2.36. The fraction of sp³-hybridized carbons (Fsp3) is 0.0588. The number of phenols is 1. The lowest BCUT2D eigenvalue weighted by atomic mass is 10.1. The Kier molecular flexibility index (Phi) is 5.45. The van der Waals surface area contributed by atoms with Crippen LogP contribution in [0.1, 0.15) is 11.1 Å².